The molecule has 2 aliphatic rings. The number of carbonyl (C=O) groups excluding carboxylic acids is 1. The maximum Gasteiger partial charge on any atom is 0.303 e. The summed E-state index contributed by atoms with van der Waals surface area (Å²) in [6.07, 6.45) is 6.27. The average Bonchev–Trinajstić information content (AvgIpc) is 2.87. The Labute approximate surface area is 126 Å². The van der Waals surface area contributed by atoms with Crippen LogP contribution < -0.4 is 11.1 Å². The molecule has 1 amide bonds. The van der Waals surface area contributed by atoms with Crippen LogP contribution in [0, 0.1) is 11.8 Å². The third-order valence-corrected chi connectivity index (χ3v) is 4.63. The van der Waals surface area contributed by atoms with E-state index in [1.165, 1.54) is 25.7 Å². The van der Waals surface area contributed by atoms with E-state index in [9.17, 15) is 9.59 Å². The Bertz CT molecular complexity index is 345. The molecule has 2 unspecified atom stereocenters. The number of nitrogens with zero attached hydrogens (tertiary/aromatic N) is 1. The number of rotatable bonds is 7. The molecule has 2 rings (SSSR count). The minimum atomic E-state index is -0.768. The number of hydrogen-bond acceptors (Lipinski definition) is 4. The second kappa shape index (κ2) is 7.75. The monoisotopic (exact) mass is 297 g/mol. The molecule has 0 radical (unpaired) electrons. The second-order valence-corrected chi connectivity index (χ2v) is 6.62. The van der Waals surface area contributed by atoms with E-state index < -0.39 is 5.97 Å². The smallest absolute Gasteiger partial charge is 0.303 e. The summed E-state index contributed by atoms with van der Waals surface area (Å²) in [6, 6.07) is 0.267. The number of amides is 1. The van der Waals surface area contributed by atoms with Crippen LogP contribution in [0.25, 0.3) is 0 Å². The van der Waals surface area contributed by atoms with Crippen molar-refractivity contribution in [2.24, 2.45) is 17.6 Å². The largest absolute Gasteiger partial charge is 0.481 e. The van der Waals surface area contributed by atoms with Crippen molar-refractivity contribution in [3.8, 4) is 0 Å². The Morgan fingerprint density at radius 2 is 1.90 bits per heavy atom. The Morgan fingerprint density at radius 3 is 2.52 bits per heavy atom. The summed E-state index contributed by atoms with van der Waals surface area (Å²) in [6.45, 7) is 2.66. The summed E-state index contributed by atoms with van der Waals surface area (Å²) >= 11 is 0. The molecule has 1 saturated carbocycles. The zero-order valence-corrected chi connectivity index (χ0v) is 12.6. The van der Waals surface area contributed by atoms with Crippen molar-refractivity contribution in [1.29, 1.82) is 0 Å². The Balaban J connectivity index is 1.84. The number of nitrogens with one attached hydrogen (secondary N) is 1. The van der Waals surface area contributed by atoms with Gasteiger partial charge in [0.1, 0.15) is 0 Å². The molecule has 0 aromatic rings. The molecule has 0 aromatic carbocycles. The van der Waals surface area contributed by atoms with E-state index in [1.54, 1.807) is 0 Å². The topological polar surface area (TPSA) is 95.7 Å². The zero-order chi connectivity index (χ0) is 15.2. The number of nitrogens with two attached hydrogens (primary N) is 1. The van der Waals surface area contributed by atoms with Crippen LogP contribution in [0.3, 0.4) is 0 Å². The molecular weight excluding hydrogens is 270 g/mol. The van der Waals surface area contributed by atoms with E-state index >= 15 is 0 Å². The van der Waals surface area contributed by atoms with E-state index in [0.29, 0.717) is 6.54 Å². The second-order valence-electron chi connectivity index (χ2n) is 6.62. The van der Waals surface area contributed by atoms with Gasteiger partial charge in [-0.3, -0.25) is 14.5 Å². The predicted molar refractivity (Wildman–Crippen MR) is 79.7 cm³/mol. The number of carboxylic acids is 1. The Morgan fingerprint density at radius 1 is 1.19 bits per heavy atom. The number of piperidine rings is 1. The number of aliphatic carboxylic acids is 1. The van der Waals surface area contributed by atoms with Crippen molar-refractivity contribution >= 4 is 11.9 Å². The van der Waals surface area contributed by atoms with Gasteiger partial charge in [-0.15, -0.1) is 0 Å². The minimum Gasteiger partial charge on any atom is -0.481 e. The van der Waals surface area contributed by atoms with Crippen LogP contribution in [0.2, 0.25) is 0 Å². The molecule has 2 fully saturated rings. The Kier molecular flexibility index (Phi) is 5.99. The lowest BCUT2D eigenvalue weighted by Gasteiger charge is -2.37. The first-order valence-electron chi connectivity index (χ1n) is 7.98. The predicted octanol–water partition coefficient (Wildman–Crippen LogP) is 0.417. The average molecular weight is 297 g/mol. The number of carbonyl (C=O) groups is 2. The highest BCUT2D eigenvalue weighted by Gasteiger charge is 2.29. The number of likely N-dealkylation sites (tertiary alicyclic amines) is 1. The molecule has 0 aromatic heterocycles. The van der Waals surface area contributed by atoms with E-state index in [-0.39, 0.29) is 30.8 Å². The quantitative estimate of drug-likeness (QED) is 0.633. The molecule has 0 spiro atoms. The highest BCUT2D eigenvalue weighted by Crippen LogP contribution is 2.25. The lowest BCUT2D eigenvalue weighted by Crippen LogP contribution is -2.52. The number of primary amides is 1. The van der Waals surface area contributed by atoms with Gasteiger partial charge in [-0.25, -0.2) is 0 Å². The number of carboxylic acid groups (broad SMARTS) is 1. The highest BCUT2D eigenvalue weighted by molar-refractivity contribution is 5.76. The van der Waals surface area contributed by atoms with E-state index in [2.05, 4.69) is 5.32 Å². The van der Waals surface area contributed by atoms with Gasteiger partial charge >= 0.3 is 5.97 Å². The van der Waals surface area contributed by atoms with Gasteiger partial charge in [-0.2, -0.15) is 0 Å². The van der Waals surface area contributed by atoms with Crippen molar-refractivity contribution < 1.29 is 14.7 Å². The summed E-state index contributed by atoms with van der Waals surface area (Å²) < 4.78 is 0. The molecule has 1 aliphatic carbocycles. The van der Waals surface area contributed by atoms with E-state index in [0.717, 1.165) is 25.4 Å². The van der Waals surface area contributed by atoms with Crippen molar-refractivity contribution in [1.82, 2.24) is 10.2 Å². The first kappa shape index (κ1) is 16.2. The van der Waals surface area contributed by atoms with Gasteiger partial charge in [-0.05, 0) is 37.6 Å². The van der Waals surface area contributed by atoms with E-state index in [4.69, 9.17) is 10.8 Å². The molecule has 1 heterocycles. The third-order valence-electron chi connectivity index (χ3n) is 4.63. The summed E-state index contributed by atoms with van der Waals surface area (Å²) in [5.41, 5.74) is 5.27. The van der Waals surface area contributed by atoms with Crippen molar-refractivity contribution in [3.05, 3.63) is 0 Å². The summed E-state index contributed by atoms with van der Waals surface area (Å²) in [5, 5.41) is 12.6. The summed E-state index contributed by atoms with van der Waals surface area (Å²) in [7, 11) is 0. The van der Waals surface area contributed by atoms with Gasteiger partial charge in [0.2, 0.25) is 5.91 Å². The first-order valence-corrected chi connectivity index (χ1v) is 7.98. The molecule has 1 aliphatic heterocycles. The van der Waals surface area contributed by atoms with Gasteiger partial charge in [-0.1, -0.05) is 12.8 Å². The molecule has 2 atom stereocenters. The van der Waals surface area contributed by atoms with Gasteiger partial charge in [0.15, 0.2) is 0 Å². The van der Waals surface area contributed by atoms with Gasteiger partial charge in [0, 0.05) is 25.6 Å². The van der Waals surface area contributed by atoms with Gasteiger partial charge < -0.3 is 16.2 Å². The standard InChI is InChI=1S/C15H27N3O3/c16-14(19)10-18-8-12(6-15(20)21)5-13(9-18)17-7-11-3-1-2-4-11/h11-13,17H,1-10H2,(H2,16,19)(H,20,21). The van der Waals surface area contributed by atoms with Crippen LogP contribution in [0.4, 0.5) is 0 Å². The molecule has 120 valence electrons. The fourth-order valence-electron chi connectivity index (χ4n) is 3.74. The van der Waals surface area contributed by atoms with Crippen molar-refractivity contribution in [3.63, 3.8) is 0 Å². The highest BCUT2D eigenvalue weighted by atomic mass is 16.4. The van der Waals surface area contributed by atoms with Crippen LogP contribution in [-0.4, -0.2) is 54.1 Å². The number of hydrogen-bond donors (Lipinski definition) is 3. The minimum absolute atomic E-state index is 0.0941. The third kappa shape index (κ3) is 5.63. The summed E-state index contributed by atoms with van der Waals surface area (Å²) in [5.74, 6) is -0.262. The molecule has 6 nitrogen and oxygen atoms in total. The van der Waals surface area contributed by atoms with Crippen LogP contribution in [-0.2, 0) is 9.59 Å². The van der Waals surface area contributed by atoms with Crippen LogP contribution in [0.5, 0.6) is 0 Å². The Hall–Kier alpha value is -1.14. The first-order chi connectivity index (χ1) is 10.0. The molecular formula is C15H27N3O3. The molecule has 21 heavy (non-hydrogen) atoms. The molecule has 6 heteroatoms. The SMILES string of the molecule is NC(=O)CN1CC(CC(=O)O)CC(NCC2CCCC2)C1. The van der Waals surface area contributed by atoms with E-state index in [1.807, 2.05) is 4.90 Å². The van der Waals surface area contributed by atoms with Gasteiger partial charge in [0.25, 0.3) is 0 Å². The molecule has 1 saturated heterocycles. The van der Waals surface area contributed by atoms with Crippen LogP contribution >= 0.6 is 0 Å². The van der Waals surface area contributed by atoms with Crippen LogP contribution in [0.1, 0.15) is 38.5 Å². The normalized spacial score (nSPS) is 27.8. The van der Waals surface area contributed by atoms with Crippen molar-refractivity contribution in [2.75, 3.05) is 26.2 Å². The van der Waals surface area contributed by atoms with Crippen molar-refractivity contribution in [2.45, 2.75) is 44.6 Å². The maximum atomic E-state index is 11.1. The summed E-state index contributed by atoms with van der Waals surface area (Å²) in [4.78, 5) is 24.0. The lowest BCUT2D eigenvalue weighted by atomic mass is 9.91. The fourth-order valence-corrected chi connectivity index (χ4v) is 3.74. The van der Waals surface area contributed by atoms with Crippen LogP contribution in [0.15, 0.2) is 0 Å². The molecule has 0 bridgehead atoms. The zero-order valence-electron chi connectivity index (χ0n) is 12.6. The fraction of sp³-hybridized carbons (Fsp3) is 0.867. The lowest BCUT2D eigenvalue weighted by molar-refractivity contribution is -0.138. The molecule has 4 N–H and O–H groups in total. The van der Waals surface area contributed by atoms with Gasteiger partial charge in [0.05, 0.1) is 6.54 Å². The maximum absolute atomic E-state index is 11.1.